The Hall–Kier alpha value is -3.10. The van der Waals surface area contributed by atoms with Crippen LogP contribution in [0, 0.1) is 0 Å². The first kappa shape index (κ1) is 22.1. The third-order valence-electron chi connectivity index (χ3n) is 5.92. The minimum absolute atomic E-state index is 0.0474. The standard InChI is InChI=1S/C24H31N7O/c32-24(23(31-20-26-27-28-31)18-21-8-3-1-4-9-21)25-12-7-13-29-14-16-30(17-15-29)19-22-10-5-2-6-11-22/h1-6,8-11,20,23H,7,12-19H2,(H,25,32). The van der Waals surface area contributed by atoms with Crippen LogP contribution in [-0.4, -0.2) is 75.2 Å². The van der Waals surface area contributed by atoms with Crippen molar-refractivity contribution in [3.63, 3.8) is 0 Å². The van der Waals surface area contributed by atoms with Gasteiger partial charge in [-0.2, -0.15) is 0 Å². The van der Waals surface area contributed by atoms with Crippen LogP contribution in [0.1, 0.15) is 23.6 Å². The fourth-order valence-electron chi connectivity index (χ4n) is 4.10. The van der Waals surface area contributed by atoms with E-state index in [-0.39, 0.29) is 5.91 Å². The lowest BCUT2D eigenvalue weighted by atomic mass is 10.1. The summed E-state index contributed by atoms with van der Waals surface area (Å²) in [5.41, 5.74) is 2.45. The largest absolute Gasteiger partial charge is 0.354 e. The average molecular weight is 434 g/mol. The minimum atomic E-state index is -0.450. The van der Waals surface area contributed by atoms with E-state index in [0.29, 0.717) is 13.0 Å². The lowest BCUT2D eigenvalue weighted by molar-refractivity contribution is -0.124. The molecule has 2 heterocycles. The average Bonchev–Trinajstić information content (AvgIpc) is 3.37. The topological polar surface area (TPSA) is 79.2 Å². The van der Waals surface area contributed by atoms with Crippen molar-refractivity contribution in [2.24, 2.45) is 0 Å². The van der Waals surface area contributed by atoms with E-state index in [1.54, 1.807) is 0 Å². The van der Waals surface area contributed by atoms with E-state index < -0.39 is 6.04 Å². The van der Waals surface area contributed by atoms with Gasteiger partial charge in [0.15, 0.2) is 0 Å². The van der Waals surface area contributed by atoms with Gasteiger partial charge in [0, 0.05) is 45.7 Å². The maximum absolute atomic E-state index is 12.9. The first-order valence-corrected chi connectivity index (χ1v) is 11.3. The fraction of sp³-hybridized carbons (Fsp3) is 0.417. The predicted octanol–water partition coefficient (Wildman–Crippen LogP) is 1.78. The number of rotatable bonds is 10. The summed E-state index contributed by atoms with van der Waals surface area (Å²) in [6, 6.07) is 20.1. The molecule has 3 aromatic rings. The SMILES string of the molecule is O=C(NCCCN1CCN(Cc2ccccc2)CC1)C(Cc1ccccc1)n1cnnn1. The van der Waals surface area contributed by atoms with Crippen LogP contribution in [0.4, 0.5) is 0 Å². The van der Waals surface area contributed by atoms with Crippen molar-refractivity contribution in [3.05, 3.63) is 78.1 Å². The van der Waals surface area contributed by atoms with E-state index >= 15 is 0 Å². The van der Waals surface area contributed by atoms with Crippen molar-refractivity contribution in [3.8, 4) is 0 Å². The van der Waals surface area contributed by atoms with Gasteiger partial charge >= 0.3 is 0 Å². The summed E-state index contributed by atoms with van der Waals surface area (Å²) in [5, 5.41) is 14.4. The quantitative estimate of drug-likeness (QED) is 0.491. The van der Waals surface area contributed by atoms with Gasteiger partial charge in [0.2, 0.25) is 5.91 Å². The Balaban J connectivity index is 1.18. The monoisotopic (exact) mass is 433 g/mol. The molecule has 32 heavy (non-hydrogen) atoms. The van der Waals surface area contributed by atoms with E-state index in [0.717, 1.165) is 51.3 Å². The maximum atomic E-state index is 12.9. The number of hydrogen-bond donors (Lipinski definition) is 1. The molecular formula is C24H31N7O. The highest BCUT2D eigenvalue weighted by molar-refractivity contribution is 5.80. The van der Waals surface area contributed by atoms with Crippen molar-refractivity contribution in [1.29, 1.82) is 0 Å². The number of piperazine rings is 1. The smallest absolute Gasteiger partial charge is 0.245 e. The minimum Gasteiger partial charge on any atom is -0.354 e. The molecule has 1 saturated heterocycles. The molecule has 1 aliphatic heterocycles. The number of nitrogens with one attached hydrogen (secondary N) is 1. The highest BCUT2D eigenvalue weighted by Crippen LogP contribution is 2.13. The first-order chi connectivity index (χ1) is 15.8. The molecule has 1 aliphatic rings. The molecule has 1 N–H and O–H groups in total. The molecule has 1 aromatic heterocycles. The molecule has 168 valence electrons. The molecule has 8 nitrogen and oxygen atoms in total. The normalized spacial score (nSPS) is 16.0. The van der Waals surface area contributed by atoms with Gasteiger partial charge in [0.05, 0.1) is 0 Å². The summed E-state index contributed by atoms with van der Waals surface area (Å²) in [7, 11) is 0. The Morgan fingerprint density at radius 2 is 1.56 bits per heavy atom. The van der Waals surface area contributed by atoms with Crippen molar-refractivity contribution in [2.45, 2.75) is 25.4 Å². The van der Waals surface area contributed by atoms with Gasteiger partial charge < -0.3 is 10.2 Å². The molecule has 0 bridgehead atoms. The first-order valence-electron chi connectivity index (χ1n) is 11.3. The zero-order valence-electron chi connectivity index (χ0n) is 18.4. The molecule has 4 rings (SSSR count). The van der Waals surface area contributed by atoms with E-state index in [9.17, 15) is 4.79 Å². The molecule has 0 spiro atoms. The Kier molecular flexibility index (Phi) is 7.94. The summed E-state index contributed by atoms with van der Waals surface area (Å²) in [5.74, 6) is -0.0474. The second kappa shape index (κ2) is 11.5. The maximum Gasteiger partial charge on any atom is 0.245 e. The second-order valence-electron chi connectivity index (χ2n) is 8.24. The van der Waals surface area contributed by atoms with Crippen LogP contribution in [0.5, 0.6) is 0 Å². The van der Waals surface area contributed by atoms with Crippen LogP contribution < -0.4 is 5.32 Å². The predicted molar refractivity (Wildman–Crippen MR) is 123 cm³/mol. The van der Waals surface area contributed by atoms with Gasteiger partial charge in [-0.1, -0.05) is 60.7 Å². The number of carbonyl (C=O) groups excluding carboxylic acids is 1. The number of hydrogen-bond acceptors (Lipinski definition) is 6. The van der Waals surface area contributed by atoms with E-state index in [2.05, 4.69) is 61.0 Å². The molecule has 8 heteroatoms. The zero-order chi connectivity index (χ0) is 22.0. The van der Waals surface area contributed by atoms with E-state index in [1.807, 2.05) is 30.3 Å². The lowest BCUT2D eigenvalue weighted by Gasteiger charge is -2.34. The molecule has 1 fully saturated rings. The van der Waals surface area contributed by atoms with Crippen LogP contribution in [0.15, 0.2) is 67.0 Å². The molecule has 2 aromatic carbocycles. The van der Waals surface area contributed by atoms with Gasteiger partial charge in [-0.15, -0.1) is 5.10 Å². The zero-order valence-corrected chi connectivity index (χ0v) is 18.4. The van der Waals surface area contributed by atoms with Crippen molar-refractivity contribution < 1.29 is 4.79 Å². The fourth-order valence-corrected chi connectivity index (χ4v) is 4.10. The molecule has 0 saturated carbocycles. The van der Waals surface area contributed by atoms with Gasteiger partial charge in [-0.05, 0) is 34.5 Å². The summed E-state index contributed by atoms with van der Waals surface area (Å²) < 4.78 is 1.54. The molecule has 0 aliphatic carbocycles. The lowest BCUT2D eigenvalue weighted by Crippen LogP contribution is -2.46. The Morgan fingerprint density at radius 1 is 0.906 bits per heavy atom. The van der Waals surface area contributed by atoms with Gasteiger partial charge in [-0.3, -0.25) is 9.69 Å². The highest BCUT2D eigenvalue weighted by atomic mass is 16.2. The van der Waals surface area contributed by atoms with Crippen molar-refractivity contribution in [1.82, 2.24) is 35.3 Å². The van der Waals surface area contributed by atoms with Crippen molar-refractivity contribution in [2.75, 3.05) is 39.3 Å². The third kappa shape index (κ3) is 6.45. The number of benzene rings is 2. The Labute approximate surface area is 189 Å². The number of aromatic nitrogens is 4. The molecule has 1 atom stereocenters. The third-order valence-corrected chi connectivity index (χ3v) is 5.92. The molecule has 1 unspecified atom stereocenters. The van der Waals surface area contributed by atoms with Crippen LogP contribution in [0.25, 0.3) is 0 Å². The highest BCUT2D eigenvalue weighted by Gasteiger charge is 2.22. The van der Waals surface area contributed by atoms with Gasteiger partial charge in [0.25, 0.3) is 0 Å². The summed E-state index contributed by atoms with van der Waals surface area (Å²) in [6.45, 7) is 6.97. The molecule has 0 radical (unpaired) electrons. The second-order valence-corrected chi connectivity index (χ2v) is 8.24. The Morgan fingerprint density at radius 3 is 2.22 bits per heavy atom. The number of nitrogens with zero attached hydrogens (tertiary/aromatic N) is 6. The van der Waals surface area contributed by atoms with E-state index in [4.69, 9.17) is 0 Å². The van der Waals surface area contributed by atoms with Crippen LogP contribution in [0.3, 0.4) is 0 Å². The van der Waals surface area contributed by atoms with Crippen molar-refractivity contribution >= 4 is 5.91 Å². The van der Waals surface area contributed by atoms with Crippen LogP contribution in [-0.2, 0) is 17.8 Å². The van der Waals surface area contributed by atoms with Crippen LogP contribution >= 0.6 is 0 Å². The summed E-state index contributed by atoms with van der Waals surface area (Å²) in [4.78, 5) is 17.9. The summed E-state index contributed by atoms with van der Waals surface area (Å²) in [6.07, 6.45) is 2.99. The number of amides is 1. The van der Waals surface area contributed by atoms with Gasteiger partial charge in [0.1, 0.15) is 12.4 Å². The van der Waals surface area contributed by atoms with Crippen LogP contribution in [0.2, 0.25) is 0 Å². The number of tetrazole rings is 1. The molecular weight excluding hydrogens is 402 g/mol. The van der Waals surface area contributed by atoms with Gasteiger partial charge in [-0.25, -0.2) is 4.68 Å². The molecule has 1 amide bonds. The van der Waals surface area contributed by atoms with E-state index in [1.165, 1.54) is 16.6 Å². The number of carbonyl (C=O) groups is 1. The Bertz CT molecular complexity index is 926. The summed E-state index contributed by atoms with van der Waals surface area (Å²) >= 11 is 0.